The Kier molecular flexibility index (Phi) is 2.82. The van der Waals surface area contributed by atoms with Crippen LogP contribution in [0.2, 0.25) is 0 Å². The molecule has 0 bridgehead atoms. The predicted octanol–water partition coefficient (Wildman–Crippen LogP) is 3.43. The van der Waals surface area contributed by atoms with Gasteiger partial charge in [0, 0.05) is 25.1 Å². The highest BCUT2D eigenvalue weighted by atomic mass is 16.5. The average molecular weight is 238 g/mol. The van der Waals surface area contributed by atoms with Gasteiger partial charge in [0.1, 0.15) is 11.9 Å². The number of fused-ring (bicyclic) bond motifs is 1. The van der Waals surface area contributed by atoms with Crippen molar-refractivity contribution < 1.29 is 4.74 Å². The molecule has 1 aliphatic rings. The molecule has 0 aliphatic carbocycles. The number of nitrogens with zero attached hydrogens (tertiary/aromatic N) is 2. The number of aromatic nitrogens is 1. The number of ether oxygens (including phenoxy) is 1. The molecule has 3 nitrogen and oxygen atoms in total. The number of para-hydroxylation sites is 1. The normalized spacial score (nSPS) is 17.6. The molecule has 0 N–H and O–H groups in total. The van der Waals surface area contributed by atoms with Crippen LogP contribution in [-0.4, -0.2) is 12.1 Å². The van der Waals surface area contributed by atoms with Crippen LogP contribution in [0.1, 0.15) is 11.7 Å². The summed E-state index contributed by atoms with van der Waals surface area (Å²) in [4.78, 5) is 6.46. The van der Waals surface area contributed by atoms with Crippen LogP contribution in [-0.2, 0) is 4.74 Å². The summed E-state index contributed by atoms with van der Waals surface area (Å²) < 4.78 is 5.47. The minimum Gasteiger partial charge on any atom is -0.373 e. The van der Waals surface area contributed by atoms with Crippen LogP contribution in [0.5, 0.6) is 0 Å². The molecule has 3 heteroatoms. The van der Waals surface area contributed by atoms with Crippen molar-refractivity contribution in [2.24, 2.45) is 0 Å². The van der Waals surface area contributed by atoms with E-state index in [0.29, 0.717) is 0 Å². The van der Waals surface area contributed by atoms with Gasteiger partial charge in [-0.3, -0.25) is 0 Å². The van der Waals surface area contributed by atoms with Crippen LogP contribution in [0, 0.1) is 0 Å². The first-order valence-electron chi connectivity index (χ1n) is 5.90. The first-order valence-corrected chi connectivity index (χ1v) is 5.90. The molecule has 2 aromatic rings. The van der Waals surface area contributed by atoms with Crippen LogP contribution in [0.4, 0.5) is 11.5 Å². The molecule has 3 rings (SSSR count). The summed E-state index contributed by atoms with van der Waals surface area (Å²) >= 11 is 0. The lowest BCUT2D eigenvalue weighted by atomic mass is 10.0. The Bertz CT molecular complexity index is 566. The maximum atomic E-state index is 5.47. The van der Waals surface area contributed by atoms with Crippen molar-refractivity contribution in [3.8, 4) is 0 Å². The molecular weight excluding hydrogens is 224 g/mol. The van der Waals surface area contributed by atoms with Gasteiger partial charge >= 0.3 is 0 Å². The highest BCUT2D eigenvalue weighted by molar-refractivity contribution is 5.69. The van der Waals surface area contributed by atoms with Gasteiger partial charge in [0.2, 0.25) is 0 Å². The zero-order valence-electron chi connectivity index (χ0n) is 10.2. The highest BCUT2D eigenvalue weighted by Gasteiger charge is 2.21. The fourth-order valence-corrected chi connectivity index (χ4v) is 2.20. The summed E-state index contributed by atoms with van der Waals surface area (Å²) in [6.07, 6.45) is 5.87. The quantitative estimate of drug-likeness (QED) is 0.801. The molecule has 2 heterocycles. The van der Waals surface area contributed by atoms with E-state index in [9.17, 15) is 0 Å². The van der Waals surface area contributed by atoms with E-state index in [1.165, 1.54) is 0 Å². The summed E-state index contributed by atoms with van der Waals surface area (Å²) in [6.45, 7) is 0. The van der Waals surface area contributed by atoms with Crippen molar-refractivity contribution in [1.82, 2.24) is 4.98 Å². The first kappa shape index (κ1) is 11.0. The molecule has 0 radical (unpaired) electrons. The number of anilines is 2. The van der Waals surface area contributed by atoms with Crippen LogP contribution < -0.4 is 4.90 Å². The largest absolute Gasteiger partial charge is 0.373 e. The second kappa shape index (κ2) is 4.63. The Morgan fingerprint density at radius 3 is 2.72 bits per heavy atom. The SMILES string of the molecule is COC1C=CN(c2ccccn2)c2ccccc21. The topological polar surface area (TPSA) is 25.4 Å². The number of methoxy groups -OCH3 is 1. The number of hydrogen-bond acceptors (Lipinski definition) is 3. The monoisotopic (exact) mass is 238 g/mol. The van der Waals surface area contributed by atoms with Gasteiger partial charge < -0.3 is 9.64 Å². The predicted molar refractivity (Wildman–Crippen MR) is 71.7 cm³/mol. The van der Waals surface area contributed by atoms with Crippen LogP contribution in [0.25, 0.3) is 0 Å². The van der Waals surface area contributed by atoms with Crippen molar-refractivity contribution in [3.63, 3.8) is 0 Å². The first-order chi connectivity index (χ1) is 8.90. The maximum absolute atomic E-state index is 5.47. The highest BCUT2D eigenvalue weighted by Crippen LogP contribution is 2.36. The molecule has 18 heavy (non-hydrogen) atoms. The van der Waals surface area contributed by atoms with Crippen LogP contribution in [0.15, 0.2) is 60.9 Å². The van der Waals surface area contributed by atoms with E-state index in [2.05, 4.69) is 22.0 Å². The third kappa shape index (κ3) is 1.79. The fraction of sp³-hybridized carbons (Fsp3) is 0.133. The second-order valence-electron chi connectivity index (χ2n) is 4.11. The molecule has 1 unspecified atom stereocenters. The Balaban J connectivity index is 2.09. The Labute approximate surface area is 106 Å². The lowest BCUT2D eigenvalue weighted by Gasteiger charge is -2.29. The lowest BCUT2D eigenvalue weighted by Crippen LogP contribution is -2.18. The summed E-state index contributed by atoms with van der Waals surface area (Å²) in [5.74, 6) is 0.913. The van der Waals surface area contributed by atoms with Gasteiger partial charge in [0.25, 0.3) is 0 Å². The van der Waals surface area contributed by atoms with E-state index in [1.807, 2.05) is 42.6 Å². The maximum Gasteiger partial charge on any atom is 0.136 e. The third-order valence-electron chi connectivity index (χ3n) is 3.06. The number of rotatable bonds is 2. The molecule has 1 aromatic carbocycles. The molecule has 0 saturated heterocycles. The Hall–Kier alpha value is -2.13. The molecule has 0 amide bonds. The summed E-state index contributed by atoms with van der Waals surface area (Å²) in [7, 11) is 1.72. The van der Waals surface area contributed by atoms with Gasteiger partial charge in [-0.2, -0.15) is 0 Å². The standard InChI is InChI=1S/C15H14N2O/c1-18-14-9-11-17(15-8-4-5-10-16-15)13-7-3-2-6-12(13)14/h2-11,14H,1H3. The molecular formula is C15H14N2O. The molecule has 1 atom stereocenters. The number of hydrogen-bond donors (Lipinski definition) is 0. The van der Waals surface area contributed by atoms with Crippen LogP contribution in [0.3, 0.4) is 0 Å². The van der Waals surface area contributed by atoms with Crippen molar-refractivity contribution in [2.45, 2.75) is 6.10 Å². The average Bonchev–Trinajstić information content (AvgIpc) is 2.47. The van der Waals surface area contributed by atoms with E-state index < -0.39 is 0 Å². The van der Waals surface area contributed by atoms with Gasteiger partial charge in [-0.1, -0.05) is 24.3 Å². The lowest BCUT2D eigenvalue weighted by molar-refractivity contribution is 0.142. The van der Waals surface area contributed by atoms with Crippen molar-refractivity contribution >= 4 is 11.5 Å². The summed E-state index contributed by atoms with van der Waals surface area (Å²) in [5, 5.41) is 0. The minimum absolute atomic E-state index is 0.0150. The second-order valence-corrected chi connectivity index (χ2v) is 4.11. The van der Waals surface area contributed by atoms with Gasteiger partial charge in [-0.25, -0.2) is 4.98 Å². The third-order valence-corrected chi connectivity index (χ3v) is 3.06. The van der Waals surface area contributed by atoms with Crippen molar-refractivity contribution in [1.29, 1.82) is 0 Å². The Morgan fingerprint density at radius 1 is 1.11 bits per heavy atom. The van der Waals surface area contributed by atoms with E-state index >= 15 is 0 Å². The smallest absolute Gasteiger partial charge is 0.136 e. The summed E-state index contributed by atoms with van der Waals surface area (Å²) in [6, 6.07) is 14.1. The molecule has 0 spiro atoms. The van der Waals surface area contributed by atoms with Crippen molar-refractivity contribution in [3.05, 3.63) is 66.5 Å². The number of pyridine rings is 1. The van der Waals surface area contributed by atoms with Gasteiger partial charge in [-0.15, -0.1) is 0 Å². The van der Waals surface area contributed by atoms with E-state index in [-0.39, 0.29) is 6.10 Å². The molecule has 0 saturated carbocycles. The van der Waals surface area contributed by atoms with Crippen LogP contribution >= 0.6 is 0 Å². The minimum atomic E-state index is 0.0150. The van der Waals surface area contributed by atoms with Gasteiger partial charge in [-0.05, 0) is 24.3 Å². The van der Waals surface area contributed by atoms with E-state index in [4.69, 9.17) is 4.74 Å². The fourth-order valence-electron chi connectivity index (χ4n) is 2.20. The Morgan fingerprint density at radius 2 is 1.94 bits per heavy atom. The summed E-state index contributed by atoms with van der Waals surface area (Å²) in [5.41, 5.74) is 2.28. The van der Waals surface area contributed by atoms with Gasteiger partial charge in [0.05, 0.1) is 5.69 Å². The van der Waals surface area contributed by atoms with E-state index in [1.54, 1.807) is 13.3 Å². The number of benzene rings is 1. The van der Waals surface area contributed by atoms with E-state index in [0.717, 1.165) is 17.1 Å². The molecule has 90 valence electrons. The van der Waals surface area contributed by atoms with Crippen molar-refractivity contribution in [2.75, 3.05) is 12.0 Å². The zero-order chi connectivity index (χ0) is 12.4. The molecule has 0 fully saturated rings. The van der Waals surface area contributed by atoms with Gasteiger partial charge in [0.15, 0.2) is 0 Å². The zero-order valence-corrected chi connectivity index (χ0v) is 10.2. The molecule has 1 aliphatic heterocycles. The molecule has 1 aromatic heterocycles.